The number of nitrogens with one attached hydrogen (secondary N) is 1. The topological polar surface area (TPSA) is 92.1 Å². The molecule has 6 nitrogen and oxygen atoms in total. The molecule has 0 bridgehead atoms. The van der Waals surface area contributed by atoms with Crippen molar-refractivity contribution in [1.29, 1.82) is 5.26 Å². The van der Waals surface area contributed by atoms with Crippen molar-refractivity contribution in [3.63, 3.8) is 0 Å². The van der Waals surface area contributed by atoms with Gasteiger partial charge in [-0.2, -0.15) is 5.26 Å². The van der Waals surface area contributed by atoms with Gasteiger partial charge in [0.15, 0.2) is 6.10 Å². The lowest BCUT2D eigenvalue weighted by Crippen LogP contribution is -2.52. The lowest BCUT2D eigenvalue weighted by molar-refractivity contribution is -0.130. The average molecular weight is 410 g/mol. The molecule has 1 N–H and O–H groups in total. The minimum Gasteiger partial charge on any atom is -0.449 e. The monoisotopic (exact) mass is 409 g/mol. The number of pyridine rings is 1. The van der Waals surface area contributed by atoms with E-state index in [-0.39, 0.29) is 0 Å². The van der Waals surface area contributed by atoms with Crippen molar-refractivity contribution >= 4 is 23.6 Å². The Hall–Kier alpha value is -2.85. The minimum atomic E-state index is -1.01. The fourth-order valence-corrected chi connectivity index (χ4v) is 4.15. The number of benzene rings is 1. The van der Waals surface area contributed by atoms with E-state index in [0.29, 0.717) is 23.4 Å². The van der Waals surface area contributed by atoms with Crippen molar-refractivity contribution in [1.82, 2.24) is 10.3 Å². The van der Waals surface area contributed by atoms with Crippen molar-refractivity contribution in [3.8, 4) is 6.07 Å². The second-order valence-electron chi connectivity index (χ2n) is 7.06. The van der Waals surface area contributed by atoms with Gasteiger partial charge in [-0.05, 0) is 44.0 Å². The summed E-state index contributed by atoms with van der Waals surface area (Å²) in [6.07, 6.45) is 4.71. The summed E-state index contributed by atoms with van der Waals surface area (Å²) in [5.74, 6) is -1.07. The molecule has 1 heterocycles. The van der Waals surface area contributed by atoms with E-state index >= 15 is 0 Å². The van der Waals surface area contributed by atoms with E-state index in [1.807, 2.05) is 30.3 Å². The molecule has 0 radical (unpaired) electrons. The molecule has 1 aromatic heterocycles. The SMILES string of the molecule is C[C@H](OC(=O)c1cccnc1Sc1ccccc1)C(=O)NC1(C#N)CCCCC1. The number of carbonyl (C=O) groups is 2. The molecule has 150 valence electrons. The Morgan fingerprint density at radius 3 is 2.59 bits per heavy atom. The molecule has 3 rings (SSSR count). The first kappa shape index (κ1) is 20.9. The Morgan fingerprint density at radius 1 is 1.17 bits per heavy atom. The number of hydrogen-bond donors (Lipinski definition) is 1. The Balaban J connectivity index is 1.67. The summed E-state index contributed by atoms with van der Waals surface area (Å²) < 4.78 is 5.39. The van der Waals surface area contributed by atoms with E-state index in [9.17, 15) is 14.9 Å². The van der Waals surface area contributed by atoms with Crippen LogP contribution < -0.4 is 5.32 Å². The first-order valence-electron chi connectivity index (χ1n) is 9.65. The zero-order valence-electron chi connectivity index (χ0n) is 16.3. The van der Waals surface area contributed by atoms with Gasteiger partial charge in [0.25, 0.3) is 5.91 Å². The molecule has 1 saturated carbocycles. The summed E-state index contributed by atoms with van der Waals surface area (Å²) in [6.45, 7) is 1.52. The molecule has 0 aliphatic heterocycles. The van der Waals surface area contributed by atoms with Crippen LogP contribution in [-0.2, 0) is 9.53 Å². The third kappa shape index (κ3) is 5.36. The summed E-state index contributed by atoms with van der Waals surface area (Å²) in [7, 11) is 0. The largest absolute Gasteiger partial charge is 0.449 e. The predicted molar refractivity (Wildman–Crippen MR) is 109 cm³/mol. The van der Waals surface area contributed by atoms with Crippen LogP contribution in [0, 0.1) is 11.3 Å². The highest BCUT2D eigenvalue weighted by Gasteiger charge is 2.35. The van der Waals surface area contributed by atoms with Gasteiger partial charge < -0.3 is 10.1 Å². The molecular formula is C22H23N3O3S. The number of esters is 1. The van der Waals surface area contributed by atoms with E-state index in [2.05, 4.69) is 16.4 Å². The van der Waals surface area contributed by atoms with Gasteiger partial charge in [-0.1, -0.05) is 49.2 Å². The maximum absolute atomic E-state index is 12.7. The molecule has 29 heavy (non-hydrogen) atoms. The summed E-state index contributed by atoms with van der Waals surface area (Å²) >= 11 is 1.35. The lowest BCUT2D eigenvalue weighted by atomic mass is 9.83. The second-order valence-corrected chi connectivity index (χ2v) is 8.12. The molecule has 7 heteroatoms. The summed E-state index contributed by atoms with van der Waals surface area (Å²) in [6, 6.07) is 15.1. The fourth-order valence-electron chi connectivity index (χ4n) is 3.26. The quantitative estimate of drug-likeness (QED) is 0.722. The number of ether oxygens (including phenoxy) is 1. The van der Waals surface area contributed by atoms with Gasteiger partial charge in [0.1, 0.15) is 10.6 Å². The van der Waals surface area contributed by atoms with Crippen molar-refractivity contribution < 1.29 is 14.3 Å². The zero-order chi connectivity index (χ0) is 20.7. The highest BCUT2D eigenvalue weighted by Crippen LogP contribution is 2.29. The van der Waals surface area contributed by atoms with Gasteiger partial charge >= 0.3 is 5.97 Å². The number of nitriles is 1. The van der Waals surface area contributed by atoms with E-state index in [1.165, 1.54) is 18.7 Å². The molecule has 1 aliphatic rings. The van der Waals surface area contributed by atoms with Crippen LogP contribution in [-0.4, -0.2) is 28.5 Å². The first-order chi connectivity index (χ1) is 14.0. The molecule has 1 aromatic carbocycles. The van der Waals surface area contributed by atoms with Crippen LogP contribution in [0.15, 0.2) is 58.6 Å². The van der Waals surface area contributed by atoms with E-state index in [1.54, 1.807) is 18.3 Å². The molecule has 1 amide bonds. The van der Waals surface area contributed by atoms with Gasteiger partial charge in [0, 0.05) is 11.1 Å². The van der Waals surface area contributed by atoms with Crippen LogP contribution in [0.1, 0.15) is 49.4 Å². The average Bonchev–Trinajstić information content (AvgIpc) is 2.75. The van der Waals surface area contributed by atoms with E-state index < -0.39 is 23.5 Å². The maximum Gasteiger partial charge on any atom is 0.341 e. The third-order valence-corrected chi connectivity index (χ3v) is 5.91. The number of rotatable bonds is 6. The van der Waals surface area contributed by atoms with Crippen molar-refractivity contribution in [3.05, 3.63) is 54.2 Å². The molecule has 0 saturated heterocycles. The first-order valence-corrected chi connectivity index (χ1v) is 10.5. The van der Waals surface area contributed by atoms with Gasteiger partial charge in [-0.25, -0.2) is 9.78 Å². The van der Waals surface area contributed by atoms with Crippen LogP contribution in [0.4, 0.5) is 0 Å². The number of carbonyl (C=O) groups excluding carboxylic acids is 2. The van der Waals surface area contributed by atoms with Gasteiger partial charge in [-0.3, -0.25) is 4.79 Å². The highest BCUT2D eigenvalue weighted by atomic mass is 32.2. The lowest BCUT2D eigenvalue weighted by Gasteiger charge is -2.32. The van der Waals surface area contributed by atoms with Crippen LogP contribution in [0.3, 0.4) is 0 Å². The van der Waals surface area contributed by atoms with Crippen molar-refractivity contribution in [2.45, 2.75) is 60.6 Å². The molecule has 1 atom stereocenters. The van der Waals surface area contributed by atoms with Crippen molar-refractivity contribution in [2.75, 3.05) is 0 Å². The fraction of sp³-hybridized carbons (Fsp3) is 0.364. The van der Waals surface area contributed by atoms with Gasteiger partial charge in [-0.15, -0.1) is 0 Å². The van der Waals surface area contributed by atoms with E-state index in [0.717, 1.165) is 24.2 Å². The number of nitrogens with zero attached hydrogens (tertiary/aromatic N) is 2. The number of aromatic nitrogens is 1. The van der Waals surface area contributed by atoms with E-state index in [4.69, 9.17) is 4.74 Å². The molecule has 2 aromatic rings. The Bertz CT molecular complexity index is 905. The van der Waals surface area contributed by atoms with Crippen LogP contribution in [0.5, 0.6) is 0 Å². The normalized spacial score (nSPS) is 16.3. The number of hydrogen-bond acceptors (Lipinski definition) is 6. The Labute approximate surface area is 174 Å². The Kier molecular flexibility index (Phi) is 6.89. The summed E-state index contributed by atoms with van der Waals surface area (Å²) in [5, 5.41) is 12.8. The molecular weight excluding hydrogens is 386 g/mol. The third-order valence-electron chi connectivity index (χ3n) is 4.89. The highest BCUT2D eigenvalue weighted by molar-refractivity contribution is 7.99. The van der Waals surface area contributed by atoms with Crippen molar-refractivity contribution in [2.24, 2.45) is 0 Å². The smallest absolute Gasteiger partial charge is 0.341 e. The zero-order valence-corrected chi connectivity index (χ0v) is 17.1. The number of amides is 1. The van der Waals surface area contributed by atoms with Crippen LogP contribution in [0.25, 0.3) is 0 Å². The maximum atomic E-state index is 12.7. The minimum absolute atomic E-state index is 0.300. The van der Waals surface area contributed by atoms with Crippen LogP contribution >= 0.6 is 11.8 Å². The predicted octanol–water partition coefficient (Wildman–Crippen LogP) is 4.12. The molecule has 0 spiro atoms. The van der Waals surface area contributed by atoms with Gasteiger partial charge in [0.2, 0.25) is 0 Å². The standard InChI is InChI=1S/C22H23N3O3S/c1-16(19(26)25-22(15-23)12-6-3-7-13-22)28-21(27)18-11-8-14-24-20(18)29-17-9-4-2-5-10-17/h2,4-5,8-11,14,16H,3,6-7,12-13H2,1H3,(H,25,26)/t16-/m0/s1. The molecule has 0 unspecified atom stereocenters. The second kappa shape index (κ2) is 9.57. The van der Waals surface area contributed by atoms with Crippen LogP contribution in [0.2, 0.25) is 0 Å². The van der Waals surface area contributed by atoms with Gasteiger partial charge in [0.05, 0.1) is 11.6 Å². The summed E-state index contributed by atoms with van der Waals surface area (Å²) in [5.41, 5.74) is -0.563. The molecule has 1 fully saturated rings. The molecule has 1 aliphatic carbocycles. The Morgan fingerprint density at radius 2 is 1.90 bits per heavy atom. The summed E-state index contributed by atoms with van der Waals surface area (Å²) in [4.78, 5) is 30.5.